The van der Waals surface area contributed by atoms with Gasteiger partial charge < -0.3 is 14.5 Å². The Kier molecular flexibility index (Phi) is 5.34. The maximum absolute atomic E-state index is 12.9. The van der Waals surface area contributed by atoms with E-state index in [4.69, 9.17) is 4.74 Å². The minimum atomic E-state index is -0.284. The molecule has 0 amide bonds. The maximum atomic E-state index is 12.9. The van der Waals surface area contributed by atoms with E-state index in [9.17, 15) is 4.39 Å². The fourth-order valence-electron chi connectivity index (χ4n) is 2.22. The van der Waals surface area contributed by atoms with E-state index in [-0.39, 0.29) is 5.82 Å². The third-order valence-electron chi connectivity index (χ3n) is 3.55. The van der Waals surface area contributed by atoms with Crippen molar-refractivity contribution < 1.29 is 9.13 Å². The summed E-state index contributed by atoms with van der Waals surface area (Å²) in [6, 6.07) is 6.03. The fraction of sp³-hybridized carbons (Fsp3) is 0.375. The Morgan fingerprint density at radius 3 is 2.56 bits per heavy atom. The first-order chi connectivity index (χ1) is 12.1. The zero-order valence-corrected chi connectivity index (χ0v) is 14.2. The molecule has 1 aliphatic rings. The molecule has 2 aromatic rings. The molecule has 0 atom stereocenters. The summed E-state index contributed by atoms with van der Waals surface area (Å²) in [4.78, 5) is 17.1. The molecule has 0 bridgehead atoms. The van der Waals surface area contributed by atoms with Crippen molar-refractivity contribution in [2.45, 2.75) is 0 Å². The Labute approximate surface area is 145 Å². The van der Waals surface area contributed by atoms with Crippen molar-refractivity contribution in [1.82, 2.24) is 15.0 Å². The number of rotatable bonds is 5. The second-order valence-corrected chi connectivity index (χ2v) is 5.67. The van der Waals surface area contributed by atoms with Crippen molar-refractivity contribution in [2.75, 3.05) is 55.6 Å². The average Bonchev–Trinajstić information content (AvgIpc) is 2.64. The monoisotopic (exact) mass is 345 g/mol. The molecule has 0 spiro atoms. The van der Waals surface area contributed by atoms with E-state index >= 15 is 0 Å². The van der Waals surface area contributed by atoms with Gasteiger partial charge in [0.15, 0.2) is 0 Å². The first-order valence-corrected chi connectivity index (χ1v) is 7.92. The molecule has 0 aliphatic carbocycles. The van der Waals surface area contributed by atoms with E-state index in [1.54, 1.807) is 23.2 Å². The maximum Gasteiger partial charge on any atom is 0.250 e. The van der Waals surface area contributed by atoms with Crippen LogP contribution in [0, 0.1) is 5.82 Å². The summed E-state index contributed by atoms with van der Waals surface area (Å²) < 4.78 is 18.3. The summed E-state index contributed by atoms with van der Waals surface area (Å²) in [5, 5.41) is 4.12. The number of aromatic nitrogens is 3. The number of morpholine rings is 1. The van der Waals surface area contributed by atoms with Crippen LogP contribution in [0.2, 0.25) is 0 Å². The van der Waals surface area contributed by atoms with Crippen LogP contribution in [0.5, 0.6) is 0 Å². The Bertz CT molecular complexity index is 730. The highest BCUT2D eigenvalue weighted by Crippen LogP contribution is 2.16. The van der Waals surface area contributed by atoms with Gasteiger partial charge in [0.25, 0.3) is 0 Å². The van der Waals surface area contributed by atoms with Gasteiger partial charge in [-0.1, -0.05) is 12.1 Å². The predicted octanol–water partition coefficient (Wildman–Crippen LogP) is 1.36. The van der Waals surface area contributed by atoms with E-state index in [0.29, 0.717) is 31.1 Å². The summed E-state index contributed by atoms with van der Waals surface area (Å²) in [5.41, 5.74) is 3.58. The molecule has 0 radical (unpaired) electrons. The molecule has 2 heterocycles. The van der Waals surface area contributed by atoms with Gasteiger partial charge >= 0.3 is 0 Å². The van der Waals surface area contributed by atoms with Gasteiger partial charge in [-0.2, -0.15) is 20.1 Å². The van der Waals surface area contributed by atoms with Gasteiger partial charge in [0.2, 0.25) is 17.8 Å². The predicted molar refractivity (Wildman–Crippen MR) is 94.8 cm³/mol. The second kappa shape index (κ2) is 7.84. The molecule has 1 N–H and O–H groups in total. The molecule has 9 heteroatoms. The lowest BCUT2D eigenvalue weighted by Gasteiger charge is -2.27. The van der Waals surface area contributed by atoms with Gasteiger partial charge in [-0.05, 0) is 17.7 Å². The van der Waals surface area contributed by atoms with Crippen molar-refractivity contribution in [3.05, 3.63) is 35.6 Å². The Hall–Kier alpha value is -2.81. The Morgan fingerprint density at radius 1 is 1.16 bits per heavy atom. The van der Waals surface area contributed by atoms with Crippen LogP contribution in [0.3, 0.4) is 0 Å². The number of nitrogens with zero attached hydrogens (tertiary/aromatic N) is 6. The molecule has 3 rings (SSSR count). The SMILES string of the molecule is CN(C)c1nc(N/N=C/c2ccc(F)cc2)nc(N2CCOCC2)n1. The lowest BCUT2D eigenvalue weighted by atomic mass is 10.2. The first-order valence-electron chi connectivity index (χ1n) is 7.92. The topological polar surface area (TPSA) is 78.8 Å². The fourth-order valence-corrected chi connectivity index (χ4v) is 2.22. The third kappa shape index (κ3) is 4.60. The van der Waals surface area contributed by atoms with Gasteiger partial charge in [0.05, 0.1) is 19.4 Å². The van der Waals surface area contributed by atoms with E-state index in [1.165, 1.54) is 12.1 Å². The molecule has 0 unspecified atom stereocenters. The minimum Gasteiger partial charge on any atom is -0.378 e. The number of anilines is 3. The van der Waals surface area contributed by atoms with Gasteiger partial charge in [0, 0.05) is 27.2 Å². The number of ether oxygens (including phenoxy) is 1. The van der Waals surface area contributed by atoms with Gasteiger partial charge in [-0.25, -0.2) is 9.82 Å². The lowest BCUT2D eigenvalue weighted by molar-refractivity contribution is 0.122. The van der Waals surface area contributed by atoms with Gasteiger partial charge in [-0.3, -0.25) is 0 Å². The molecule has 1 fully saturated rings. The van der Waals surface area contributed by atoms with Crippen LogP contribution in [-0.4, -0.2) is 61.6 Å². The standard InChI is InChI=1S/C16H20FN7O/c1-23(2)15-19-14(20-16(21-15)24-7-9-25-10-8-24)22-18-11-12-3-5-13(17)6-4-12/h3-6,11H,7-10H2,1-2H3,(H,19,20,21,22)/b18-11+. The number of hydrazone groups is 1. The van der Waals surface area contributed by atoms with Crippen LogP contribution >= 0.6 is 0 Å². The molecule has 1 aromatic heterocycles. The third-order valence-corrected chi connectivity index (χ3v) is 3.55. The highest BCUT2D eigenvalue weighted by molar-refractivity contribution is 5.79. The highest BCUT2D eigenvalue weighted by atomic mass is 19.1. The van der Waals surface area contributed by atoms with Crippen molar-refractivity contribution in [3.63, 3.8) is 0 Å². The number of hydrogen-bond donors (Lipinski definition) is 1. The lowest BCUT2D eigenvalue weighted by Crippen LogP contribution is -2.37. The molecule has 1 aromatic carbocycles. The van der Waals surface area contributed by atoms with E-state index in [2.05, 4.69) is 25.5 Å². The van der Waals surface area contributed by atoms with Crippen LogP contribution in [-0.2, 0) is 4.74 Å². The van der Waals surface area contributed by atoms with Crippen LogP contribution in [0.4, 0.5) is 22.2 Å². The zero-order valence-electron chi connectivity index (χ0n) is 14.2. The van der Waals surface area contributed by atoms with E-state index in [0.717, 1.165) is 18.7 Å². The quantitative estimate of drug-likeness (QED) is 0.647. The average molecular weight is 345 g/mol. The van der Waals surface area contributed by atoms with Crippen LogP contribution in [0.25, 0.3) is 0 Å². The smallest absolute Gasteiger partial charge is 0.250 e. The zero-order chi connectivity index (χ0) is 17.6. The number of hydrogen-bond acceptors (Lipinski definition) is 8. The number of benzene rings is 1. The van der Waals surface area contributed by atoms with Crippen molar-refractivity contribution in [1.29, 1.82) is 0 Å². The Balaban J connectivity index is 1.77. The summed E-state index contributed by atoms with van der Waals surface area (Å²) in [6.07, 6.45) is 1.58. The van der Waals surface area contributed by atoms with Gasteiger partial charge in [0.1, 0.15) is 5.82 Å². The van der Waals surface area contributed by atoms with Crippen LogP contribution in [0.1, 0.15) is 5.56 Å². The van der Waals surface area contributed by atoms with Crippen LogP contribution < -0.4 is 15.2 Å². The Morgan fingerprint density at radius 2 is 1.88 bits per heavy atom. The number of nitrogens with one attached hydrogen (secondary N) is 1. The molecule has 1 saturated heterocycles. The molecular formula is C16H20FN7O. The highest BCUT2D eigenvalue weighted by Gasteiger charge is 2.17. The molecule has 132 valence electrons. The van der Waals surface area contributed by atoms with E-state index < -0.39 is 0 Å². The summed E-state index contributed by atoms with van der Waals surface area (Å²) in [5.74, 6) is 1.18. The molecule has 25 heavy (non-hydrogen) atoms. The normalized spacial score (nSPS) is 14.8. The summed E-state index contributed by atoms with van der Waals surface area (Å²) in [7, 11) is 3.73. The molecular weight excluding hydrogens is 325 g/mol. The van der Waals surface area contributed by atoms with E-state index in [1.807, 2.05) is 19.0 Å². The first kappa shape index (κ1) is 17.0. The van der Waals surface area contributed by atoms with Gasteiger partial charge in [-0.15, -0.1) is 0 Å². The summed E-state index contributed by atoms with van der Waals surface area (Å²) in [6.45, 7) is 2.76. The van der Waals surface area contributed by atoms with Crippen molar-refractivity contribution in [3.8, 4) is 0 Å². The van der Waals surface area contributed by atoms with Crippen molar-refractivity contribution in [2.24, 2.45) is 5.10 Å². The van der Waals surface area contributed by atoms with Crippen molar-refractivity contribution >= 4 is 24.1 Å². The number of halogens is 1. The van der Waals surface area contributed by atoms with Crippen LogP contribution in [0.15, 0.2) is 29.4 Å². The molecule has 8 nitrogen and oxygen atoms in total. The largest absolute Gasteiger partial charge is 0.378 e. The second-order valence-electron chi connectivity index (χ2n) is 5.67. The summed E-state index contributed by atoms with van der Waals surface area (Å²) >= 11 is 0. The molecule has 0 saturated carbocycles. The minimum absolute atomic E-state index is 0.284. The molecule has 1 aliphatic heterocycles.